The van der Waals surface area contributed by atoms with Crippen molar-refractivity contribution >= 4 is 16.6 Å². The number of primary amides is 1. The molecule has 0 bridgehead atoms. The van der Waals surface area contributed by atoms with Gasteiger partial charge >= 0.3 is 0 Å². The first-order valence-corrected chi connectivity index (χ1v) is 5.40. The third kappa shape index (κ3) is 3.89. The molecular formula is C8H15NO4S. The van der Waals surface area contributed by atoms with Gasteiger partial charge in [-0.15, -0.1) is 6.58 Å². The van der Waals surface area contributed by atoms with Gasteiger partial charge in [0.15, 0.2) is 5.60 Å². The lowest BCUT2D eigenvalue weighted by molar-refractivity contribution is -0.141. The molecule has 0 radical (unpaired) electrons. The lowest BCUT2D eigenvalue weighted by atomic mass is 10.1. The van der Waals surface area contributed by atoms with Gasteiger partial charge in [-0.05, 0) is 13.8 Å². The van der Waals surface area contributed by atoms with Crippen LogP contribution in [0.15, 0.2) is 12.7 Å². The highest BCUT2D eigenvalue weighted by Gasteiger charge is 2.34. The van der Waals surface area contributed by atoms with Gasteiger partial charge in [0, 0.05) is 0 Å². The largest absolute Gasteiger partial charge is 0.367 e. The van der Waals surface area contributed by atoms with Gasteiger partial charge < -0.3 is 10.5 Å². The monoisotopic (exact) mass is 221 g/mol. The molecular weight excluding hydrogens is 206 g/mol. The molecule has 0 aliphatic heterocycles. The number of hydrogen-bond donors (Lipinski definition) is 2. The van der Waals surface area contributed by atoms with Crippen LogP contribution in [0.3, 0.4) is 0 Å². The molecule has 0 rings (SSSR count). The highest BCUT2D eigenvalue weighted by molar-refractivity contribution is 7.72. The van der Waals surface area contributed by atoms with Crippen molar-refractivity contribution in [3.05, 3.63) is 12.7 Å². The summed E-state index contributed by atoms with van der Waals surface area (Å²) in [7, 11) is -2.72. The minimum absolute atomic E-state index is 0.421. The summed E-state index contributed by atoms with van der Waals surface area (Å²) < 4.78 is 26.2. The number of carbonyl (C=O) groups is 1. The third-order valence-electron chi connectivity index (χ3n) is 1.73. The fourth-order valence-electron chi connectivity index (χ4n) is 0.878. The topological polar surface area (TPSA) is 86.5 Å². The van der Waals surface area contributed by atoms with Gasteiger partial charge in [-0.2, -0.15) is 0 Å². The molecule has 0 saturated heterocycles. The Bertz CT molecular complexity index is 292. The fourth-order valence-corrected chi connectivity index (χ4v) is 1.60. The number of thiol groups is 1. The number of nitrogens with two attached hydrogens (primary N) is 1. The van der Waals surface area contributed by atoms with Crippen molar-refractivity contribution in [2.24, 2.45) is 5.73 Å². The Hall–Kier alpha value is -0.880. The van der Waals surface area contributed by atoms with Crippen LogP contribution in [0.1, 0.15) is 13.8 Å². The van der Waals surface area contributed by atoms with Crippen LogP contribution in [0, 0.1) is 0 Å². The summed E-state index contributed by atoms with van der Waals surface area (Å²) in [5.41, 5.74) is 3.57. The molecule has 2 unspecified atom stereocenters. The van der Waals surface area contributed by atoms with E-state index in [1.165, 1.54) is 13.0 Å². The highest BCUT2D eigenvalue weighted by Crippen LogP contribution is 2.13. The van der Waals surface area contributed by atoms with Crippen molar-refractivity contribution in [3.8, 4) is 0 Å². The van der Waals surface area contributed by atoms with Crippen LogP contribution in [0.4, 0.5) is 0 Å². The Balaban J connectivity index is 4.71. The molecule has 82 valence electrons. The summed E-state index contributed by atoms with van der Waals surface area (Å²) in [6.07, 6.45) is 1.03. The van der Waals surface area contributed by atoms with Crippen LogP contribution in [0.25, 0.3) is 0 Å². The predicted octanol–water partition coefficient (Wildman–Crippen LogP) is -0.567. The number of carbonyl (C=O) groups excluding carboxylic acids is 1. The molecule has 2 N–H and O–H groups in total. The van der Waals surface area contributed by atoms with Gasteiger partial charge in [-0.1, -0.05) is 6.08 Å². The maximum atomic E-state index is 11.0. The Morgan fingerprint density at radius 2 is 2.21 bits per heavy atom. The molecule has 0 heterocycles. The summed E-state index contributed by atoms with van der Waals surface area (Å²) in [6.45, 7) is 6.45. The summed E-state index contributed by atoms with van der Waals surface area (Å²) in [6, 6.07) is 0. The zero-order valence-corrected chi connectivity index (χ0v) is 9.12. The van der Waals surface area contributed by atoms with E-state index < -0.39 is 34.1 Å². The standard InChI is InChI=1S/C8H15NO4S/c1-4-6(2)13-8(3,7(9)10)5-14(11)12/h4,6,14H,1,5H2,2-3H3,(H2,9,10). The van der Waals surface area contributed by atoms with Crippen LogP contribution in [-0.2, 0) is 20.2 Å². The molecule has 0 saturated carbocycles. The summed E-state index contributed by atoms with van der Waals surface area (Å²) in [5, 5.41) is 0. The maximum Gasteiger partial charge on any atom is 0.250 e. The fraction of sp³-hybridized carbons (Fsp3) is 0.625. The molecule has 2 atom stereocenters. The molecule has 0 fully saturated rings. The van der Waals surface area contributed by atoms with E-state index >= 15 is 0 Å². The first-order valence-electron chi connectivity index (χ1n) is 4.04. The zero-order valence-electron chi connectivity index (χ0n) is 8.23. The molecule has 5 nitrogen and oxygen atoms in total. The first-order chi connectivity index (χ1) is 6.31. The Morgan fingerprint density at radius 3 is 2.50 bits per heavy atom. The minimum Gasteiger partial charge on any atom is -0.367 e. The van der Waals surface area contributed by atoms with E-state index in [2.05, 4.69) is 6.58 Å². The van der Waals surface area contributed by atoms with Gasteiger partial charge in [0.25, 0.3) is 0 Å². The van der Waals surface area contributed by atoms with E-state index in [4.69, 9.17) is 10.5 Å². The van der Waals surface area contributed by atoms with Gasteiger partial charge in [-0.3, -0.25) is 4.79 Å². The van der Waals surface area contributed by atoms with Crippen LogP contribution in [0.5, 0.6) is 0 Å². The molecule has 6 heteroatoms. The SMILES string of the molecule is C=CC(C)OC(C)(C[SH](=O)=O)C(N)=O. The smallest absolute Gasteiger partial charge is 0.250 e. The molecule has 0 spiro atoms. The van der Waals surface area contributed by atoms with Gasteiger partial charge in [0.2, 0.25) is 5.91 Å². The molecule has 14 heavy (non-hydrogen) atoms. The van der Waals surface area contributed by atoms with Crippen LogP contribution < -0.4 is 5.73 Å². The van der Waals surface area contributed by atoms with Crippen LogP contribution in [-0.4, -0.2) is 31.8 Å². The maximum absolute atomic E-state index is 11.0. The highest BCUT2D eigenvalue weighted by atomic mass is 32.2. The van der Waals surface area contributed by atoms with E-state index in [1.54, 1.807) is 6.92 Å². The van der Waals surface area contributed by atoms with Crippen molar-refractivity contribution in [1.29, 1.82) is 0 Å². The van der Waals surface area contributed by atoms with E-state index in [1.807, 2.05) is 0 Å². The minimum atomic E-state index is -2.72. The number of rotatable bonds is 6. The van der Waals surface area contributed by atoms with Crippen molar-refractivity contribution < 1.29 is 17.9 Å². The van der Waals surface area contributed by atoms with E-state index in [0.717, 1.165) is 0 Å². The average molecular weight is 221 g/mol. The lowest BCUT2D eigenvalue weighted by Crippen LogP contribution is -2.48. The van der Waals surface area contributed by atoms with Crippen molar-refractivity contribution in [1.82, 2.24) is 0 Å². The van der Waals surface area contributed by atoms with Crippen LogP contribution >= 0.6 is 0 Å². The number of ether oxygens (including phenoxy) is 1. The quantitative estimate of drug-likeness (QED) is 0.464. The van der Waals surface area contributed by atoms with E-state index in [-0.39, 0.29) is 0 Å². The number of amides is 1. The molecule has 0 aliphatic rings. The van der Waals surface area contributed by atoms with Crippen molar-refractivity contribution in [3.63, 3.8) is 0 Å². The Morgan fingerprint density at radius 1 is 1.71 bits per heavy atom. The first kappa shape index (κ1) is 13.1. The molecule has 0 aliphatic carbocycles. The van der Waals surface area contributed by atoms with E-state index in [9.17, 15) is 13.2 Å². The summed E-state index contributed by atoms with van der Waals surface area (Å²) >= 11 is 0. The van der Waals surface area contributed by atoms with Crippen molar-refractivity contribution in [2.75, 3.05) is 5.75 Å². The zero-order chi connectivity index (χ0) is 11.4. The second-order valence-corrected chi connectivity index (χ2v) is 4.13. The molecule has 1 amide bonds. The van der Waals surface area contributed by atoms with E-state index in [0.29, 0.717) is 0 Å². The van der Waals surface area contributed by atoms with Gasteiger partial charge in [-0.25, -0.2) is 8.42 Å². The summed E-state index contributed by atoms with van der Waals surface area (Å²) in [5.74, 6) is -1.22. The second-order valence-electron chi connectivity index (χ2n) is 3.14. The number of hydrogen-bond acceptors (Lipinski definition) is 4. The predicted molar refractivity (Wildman–Crippen MR) is 53.5 cm³/mol. The van der Waals surface area contributed by atoms with Crippen LogP contribution in [0.2, 0.25) is 0 Å². The average Bonchev–Trinajstić information content (AvgIpc) is 2.02. The van der Waals surface area contributed by atoms with Gasteiger partial charge in [0.1, 0.15) is 10.7 Å². The van der Waals surface area contributed by atoms with Crippen molar-refractivity contribution in [2.45, 2.75) is 25.6 Å². The second kappa shape index (κ2) is 5.11. The van der Waals surface area contributed by atoms with Gasteiger partial charge in [0.05, 0.1) is 11.9 Å². The Labute approximate surface area is 84.9 Å². The third-order valence-corrected chi connectivity index (χ3v) is 2.59. The summed E-state index contributed by atoms with van der Waals surface area (Å²) in [4.78, 5) is 11.0. The molecule has 0 aromatic carbocycles. The molecule has 0 aromatic heterocycles. The molecule has 0 aromatic rings. The normalized spacial score (nSPS) is 17.4. The lowest BCUT2D eigenvalue weighted by Gasteiger charge is -2.26. The Kier molecular flexibility index (Phi) is 4.79.